The standard InChI is InChI=1S/C10H7BrFN3/c11-7-5-13-6-14-10(7)15-9-4-2-1-3-8(9)12/h1-6H,(H,13,14,15). The van der Waals surface area contributed by atoms with Gasteiger partial charge in [0.1, 0.15) is 18.0 Å². The van der Waals surface area contributed by atoms with Crippen LogP contribution in [0.25, 0.3) is 0 Å². The highest BCUT2D eigenvalue weighted by Crippen LogP contribution is 2.23. The van der Waals surface area contributed by atoms with Crippen LogP contribution in [0.5, 0.6) is 0 Å². The largest absolute Gasteiger partial charge is 0.337 e. The van der Waals surface area contributed by atoms with Crippen molar-refractivity contribution in [2.45, 2.75) is 0 Å². The van der Waals surface area contributed by atoms with Crippen molar-refractivity contribution >= 4 is 27.4 Å². The van der Waals surface area contributed by atoms with Crippen molar-refractivity contribution < 1.29 is 4.39 Å². The van der Waals surface area contributed by atoms with E-state index in [1.807, 2.05) is 0 Å². The van der Waals surface area contributed by atoms with Gasteiger partial charge in [0.25, 0.3) is 0 Å². The van der Waals surface area contributed by atoms with Crippen LogP contribution in [0.15, 0.2) is 41.3 Å². The third-order valence-electron chi connectivity index (χ3n) is 1.79. The fraction of sp³-hybridized carbons (Fsp3) is 0. The molecule has 0 bridgehead atoms. The molecular formula is C10H7BrFN3. The summed E-state index contributed by atoms with van der Waals surface area (Å²) >= 11 is 3.27. The van der Waals surface area contributed by atoms with E-state index in [4.69, 9.17) is 0 Å². The van der Waals surface area contributed by atoms with Crippen molar-refractivity contribution in [2.24, 2.45) is 0 Å². The van der Waals surface area contributed by atoms with Crippen LogP contribution in [-0.2, 0) is 0 Å². The Kier molecular flexibility index (Phi) is 2.91. The maximum Gasteiger partial charge on any atom is 0.148 e. The van der Waals surface area contributed by atoms with Gasteiger partial charge in [-0.3, -0.25) is 0 Å². The smallest absolute Gasteiger partial charge is 0.148 e. The molecule has 2 aromatic rings. The zero-order chi connectivity index (χ0) is 10.7. The lowest BCUT2D eigenvalue weighted by Crippen LogP contribution is -1.97. The Morgan fingerprint density at radius 2 is 2.07 bits per heavy atom. The highest BCUT2D eigenvalue weighted by molar-refractivity contribution is 9.10. The van der Waals surface area contributed by atoms with E-state index in [-0.39, 0.29) is 5.82 Å². The third kappa shape index (κ3) is 2.30. The molecule has 2 rings (SSSR count). The molecular weight excluding hydrogens is 261 g/mol. The van der Waals surface area contributed by atoms with Crippen molar-refractivity contribution in [1.29, 1.82) is 0 Å². The minimum absolute atomic E-state index is 0.317. The van der Waals surface area contributed by atoms with Crippen LogP contribution >= 0.6 is 15.9 Å². The number of anilines is 2. The van der Waals surface area contributed by atoms with Crippen LogP contribution in [0.3, 0.4) is 0 Å². The highest BCUT2D eigenvalue weighted by atomic mass is 79.9. The molecule has 0 aliphatic carbocycles. The van der Waals surface area contributed by atoms with Crippen LogP contribution in [-0.4, -0.2) is 9.97 Å². The first-order valence-corrected chi connectivity index (χ1v) is 5.04. The number of halogens is 2. The number of hydrogen-bond acceptors (Lipinski definition) is 3. The summed E-state index contributed by atoms with van der Waals surface area (Å²) in [6.45, 7) is 0. The quantitative estimate of drug-likeness (QED) is 0.909. The molecule has 76 valence electrons. The second-order valence-corrected chi connectivity index (χ2v) is 3.68. The summed E-state index contributed by atoms with van der Waals surface area (Å²) in [5.41, 5.74) is 0.386. The molecule has 0 saturated heterocycles. The fourth-order valence-corrected chi connectivity index (χ4v) is 1.41. The summed E-state index contributed by atoms with van der Waals surface area (Å²) in [7, 11) is 0. The predicted molar refractivity (Wildman–Crippen MR) is 59.4 cm³/mol. The number of nitrogens with one attached hydrogen (secondary N) is 1. The average Bonchev–Trinajstić information content (AvgIpc) is 2.24. The zero-order valence-corrected chi connectivity index (χ0v) is 9.20. The van der Waals surface area contributed by atoms with Gasteiger partial charge in [-0.15, -0.1) is 0 Å². The molecule has 1 aromatic heterocycles. The van der Waals surface area contributed by atoms with E-state index < -0.39 is 0 Å². The molecule has 0 amide bonds. The van der Waals surface area contributed by atoms with E-state index in [1.165, 1.54) is 12.4 Å². The summed E-state index contributed by atoms with van der Waals surface area (Å²) in [4.78, 5) is 7.80. The molecule has 0 radical (unpaired) electrons. The van der Waals surface area contributed by atoms with E-state index in [0.29, 0.717) is 16.0 Å². The van der Waals surface area contributed by atoms with Gasteiger partial charge in [0.05, 0.1) is 10.2 Å². The molecule has 1 N–H and O–H groups in total. The lowest BCUT2D eigenvalue weighted by molar-refractivity contribution is 0.632. The lowest BCUT2D eigenvalue weighted by Gasteiger charge is -2.06. The van der Waals surface area contributed by atoms with Crippen LogP contribution in [0, 0.1) is 5.82 Å². The SMILES string of the molecule is Fc1ccccc1Nc1ncncc1Br. The molecule has 0 fully saturated rings. The zero-order valence-electron chi connectivity index (χ0n) is 7.61. The molecule has 0 unspecified atom stereocenters. The molecule has 3 nitrogen and oxygen atoms in total. The summed E-state index contributed by atoms with van der Waals surface area (Å²) in [5, 5.41) is 2.87. The summed E-state index contributed by atoms with van der Waals surface area (Å²) in [5.74, 6) is 0.220. The second kappa shape index (κ2) is 4.35. The molecule has 0 saturated carbocycles. The van der Waals surface area contributed by atoms with E-state index in [9.17, 15) is 4.39 Å². The van der Waals surface area contributed by atoms with Gasteiger partial charge in [0, 0.05) is 6.20 Å². The Hall–Kier alpha value is -1.49. The van der Waals surface area contributed by atoms with Crippen LogP contribution in [0.4, 0.5) is 15.9 Å². The van der Waals surface area contributed by atoms with Crippen molar-refractivity contribution in [2.75, 3.05) is 5.32 Å². The Labute approximate surface area is 94.5 Å². The number of nitrogens with zero attached hydrogens (tertiary/aromatic N) is 2. The minimum atomic E-state index is -0.317. The van der Waals surface area contributed by atoms with Crippen LogP contribution in [0.2, 0.25) is 0 Å². The maximum absolute atomic E-state index is 13.3. The predicted octanol–water partition coefficient (Wildman–Crippen LogP) is 3.12. The Balaban J connectivity index is 2.30. The number of hydrogen-bond donors (Lipinski definition) is 1. The first-order valence-electron chi connectivity index (χ1n) is 4.24. The van der Waals surface area contributed by atoms with Gasteiger partial charge >= 0.3 is 0 Å². The fourth-order valence-electron chi connectivity index (χ4n) is 1.09. The van der Waals surface area contributed by atoms with E-state index in [2.05, 4.69) is 31.2 Å². The van der Waals surface area contributed by atoms with E-state index in [0.717, 1.165) is 0 Å². The number of para-hydroxylation sites is 1. The third-order valence-corrected chi connectivity index (χ3v) is 2.37. The molecule has 0 spiro atoms. The van der Waals surface area contributed by atoms with Gasteiger partial charge < -0.3 is 5.32 Å². The van der Waals surface area contributed by atoms with Gasteiger partial charge in [-0.2, -0.15) is 0 Å². The summed E-state index contributed by atoms with van der Waals surface area (Å²) in [6.07, 6.45) is 2.99. The normalized spacial score (nSPS) is 10.0. The summed E-state index contributed by atoms with van der Waals surface area (Å²) < 4.78 is 14.0. The molecule has 1 aromatic carbocycles. The number of aromatic nitrogens is 2. The van der Waals surface area contributed by atoms with Crippen LogP contribution in [0.1, 0.15) is 0 Å². The van der Waals surface area contributed by atoms with Crippen molar-refractivity contribution in [1.82, 2.24) is 9.97 Å². The topological polar surface area (TPSA) is 37.8 Å². The number of benzene rings is 1. The molecule has 5 heteroatoms. The Bertz CT molecular complexity index is 432. The van der Waals surface area contributed by atoms with Crippen molar-refractivity contribution in [3.63, 3.8) is 0 Å². The second-order valence-electron chi connectivity index (χ2n) is 2.82. The van der Waals surface area contributed by atoms with Gasteiger partial charge in [-0.05, 0) is 28.1 Å². The van der Waals surface area contributed by atoms with Crippen molar-refractivity contribution in [3.05, 3.63) is 47.1 Å². The molecule has 0 atom stereocenters. The number of rotatable bonds is 2. The maximum atomic E-state index is 13.3. The van der Waals surface area contributed by atoms with E-state index >= 15 is 0 Å². The first-order chi connectivity index (χ1) is 7.27. The molecule has 15 heavy (non-hydrogen) atoms. The Morgan fingerprint density at radius 1 is 1.27 bits per heavy atom. The summed E-state index contributed by atoms with van der Waals surface area (Å²) in [6, 6.07) is 6.41. The van der Waals surface area contributed by atoms with Gasteiger partial charge in [0.15, 0.2) is 0 Å². The van der Waals surface area contributed by atoms with Gasteiger partial charge in [0.2, 0.25) is 0 Å². The van der Waals surface area contributed by atoms with E-state index in [1.54, 1.807) is 24.4 Å². The first kappa shape index (κ1) is 10.0. The van der Waals surface area contributed by atoms with Crippen LogP contribution < -0.4 is 5.32 Å². The van der Waals surface area contributed by atoms with Gasteiger partial charge in [-0.25, -0.2) is 14.4 Å². The van der Waals surface area contributed by atoms with Crippen molar-refractivity contribution in [3.8, 4) is 0 Å². The monoisotopic (exact) mass is 267 g/mol. The molecule has 0 aliphatic heterocycles. The minimum Gasteiger partial charge on any atom is -0.337 e. The Morgan fingerprint density at radius 3 is 2.80 bits per heavy atom. The lowest BCUT2D eigenvalue weighted by atomic mass is 10.3. The molecule has 0 aliphatic rings. The average molecular weight is 268 g/mol. The highest BCUT2D eigenvalue weighted by Gasteiger charge is 2.04. The molecule has 1 heterocycles. The van der Waals surface area contributed by atoms with Gasteiger partial charge in [-0.1, -0.05) is 12.1 Å².